The molecule has 0 saturated carbocycles. The Morgan fingerprint density at radius 2 is 1.80 bits per heavy atom. The van der Waals surface area contributed by atoms with Gasteiger partial charge in [-0.3, -0.25) is 24.6 Å². The quantitative estimate of drug-likeness (QED) is 0.588. The van der Waals surface area contributed by atoms with Crippen LogP contribution in [0.1, 0.15) is 43.0 Å². The maximum Gasteiger partial charge on any atom is 0.261 e. The SMILES string of the molecule is CCOc1cccc(C(=O)Nc2nnc(CCN3C(=O)c4ccccc4C3=O)s2)c1. The van der Waals surface area contributed by atoms with E-state index in [1.807, 2.05) is 6.92 Å². The number of ether oxygens (including phenoxy) is 1. The van der Waals surface area contributed by atoms with Crippen molar-refractivity contribution in [2.24, 2.45) is 0 Å². The summed E-state index contributed by atoms with van der Waals surface area (Å²) < 4.78 is 5.41. The molecule has 30 heavy (non-hydrogen) atoms. The minimum atomic E-state index is -0.320. The van der Waals surface area contributed by atoms with Crippen LogP contribution >= 0.6 is 11.3 Å². The molecule has 3 amide bonds. The maximum atomic E-state index is 12.4. The third-order valence-corrected chi connectivity index (χ3v) is 5.42. The number of aromatic nitrogens is 2. The van der Waals surface area contributed by atoms with E-state index < -0.39 is 0 Å². The molecule has 152 valence electrons. The molecular formula is C21H18N4O4S. The van der Waals surface area contributed by atoms with Gasteiger partial charge in [0.1, 0.15) is 10.8 Å². The van der Waals surface area contributed by atoms with Crippen molar-refractivity contribution < 1.29 is 19.1 Å². The number of rotatable bonds is 7. The van der Waals surface area contributed by atoms with Gasteiger partial charge >= 0.3 is 0 Å². The Balaban J connectivity index is 1.37. The van der Waals surface area contributed by atoms with Gasteiger partial charge in [0.25, 0.3) is 17.7 Å². The zero-order chi connectivity index (χ0) is 21.1. The normalized spacial score (nSPS) is 12.8. The zero-order valence-electron chi connectivity index (χ0n) is 16.1. The smallest absolute Gasteiger partial charge is 0.261 e. The minimum Gasteiger partial charge on any atom is -0.494 e. The van der Waals surface area contributed by atoms with E-state index in [0.717, 1.165) is 0 Å². The zero-order valence-corrected chi connectivity index (χ0v) is 16.9. The third-order valence-electron chi connectivity index (χ3n) is 4.52. The number of imide groups is 1. The second-order valence-corrected chi connectivity index (χ2v) is 7.54. The van der Waals surface area contributed by atoms with E-state index in [0.29, 0.717) is 45.6 Å². The molecule has 9 heteroatoms. The average Bonchev–Trinajstić information content (AvgIpc) is 3.30. The van der Waals surface area contributed by atoms with E-state index in [-0.39, 0.29) is 24.3 Å². The summed E-state index contributed by atoms with van der Waals surface area (Å²) in [6.07, 6.45) is 0.360. The molecule has 3 aromatic rings. The summed E-state index contributed by atoms with van der Waals surface area (Å²) in [5.74, 6) is -0.311. The van der Waals surface area contributed by atoms with Crippen LogP contribution in [0.2, 0.25) is 0 Å². The van der Waals surface area contributed by atoms with Crippen molar-refractivity contribution in [1.82, 2.24) is 15.1 Å². The fraction of sp³-hybridized carbons (Fsp3) is 0.190. The van der Waals surface area contributed by atoms with E-state index >= 15 is 0 Å². The fourth-order valence-corrected chi connectivity index (χ4v) is 3.84. The van der Waals surface area contributed by atoms with Gasteiger partial charge in [0.05, 0.1) is 17.7 Å². The van der Waals surface area contributed by atoms with Crippen LogP contribution in [0.4, 0.5) is 5.13 Å². The average molecular weight is 422 g/mol. The first kappa shape index (κ1) is 19.7. The van der Waals surface area contributed by atoms with Crippen molar-refractivity contribution in [3.8, 4) is 5.75 Å². The molecule has 1 aliphatic heterocycles. The molecule has 0 unspecified atom stereocenters. The van der Waals surface area contributed by atoms with Gasteiger partial charge in [0.2, 0.25) is 5.13 Å². The molecular weight excluding hydrogens is 404 g/mol. The number of hydrogen-bond donors (Lipinski definition) is 1. The van der Waals surface area contributed by atoms with Crippen LogP contribution in [0.15, 0.2) is 48.5 Å². The van der Waals surface area contributed by atoms with E-state index in [1.54, 1.807) is 48.5 Å². The summed E-state index contributed by atoms with van der Waals surface area (Å²) in [5, 5.41) is 11.7. The minimum absolute atomic E-state index is 0.200. The number of carbonyl (C=O) groups is 3. The lowest BCUT2D eigenvalue weighted by Crippen LogP contribution is -2.31. The van der Waals surface area contributed by atoms with Crippen molar-refractivity contribution >= 4 is 34.2 Å². The molecule has 4 rings (SSSR count). The molecule has 2 aromatic carbocycles. The number of benzene rings is 2. The summed E-state index contributed by atoms with van der Waals surface area (Å²) in [5.41, 5.74) is 1.28. The second kappa shape index (κ2) is 8.42. The van der Waals surface area contributed by atoms with E-state index in [9.17, 15) is 14.4 Å². The molecule has 2 heterocycles. The largest absolute Gasteiger partial charge is 0.494 e. The first-order chi connectivity index (χ1) is 14.6. The molecule has 0 atom stereocenters. The Morgan fingerprint density at radius 1 is 1.07 bits per heavy atom. The number of hydrogen-bond acceptors (Lipinski definition) is 7. The summed E-state index contributed by atoms with van der Waals surface area (Å²) in [6, 6.07) is 13.6. The molecule has 0 fully saturated rings. The molecule has 0 aliphatic carbocycles. The number of anilines is 1. The van der Waals surface area contributed by atoms with Gasteiger partial charge in [-0.25, -0.2) is 0 Å². The van der Waals surface area contributed by atoms with Crippen LogP contribution in [-0.2, 0) is 6.42 Å². The van der Waals surface area contributed by atoms with Crippen molar-refractivity contribution in [3.63, 3.8) is 0 Å². The number of nitrogens with zero attached hydrogens (tertiary/aromatic N) is 3. The van der Waals surface area contributed by atoms with Crippen molar-refractivity contribution in [1.29, 1.82) is 0 Å². The highest BCUT2D eigenvalue weighted by molar-refractivity contribution is 7.15. The molecule has 0 bridgehead atoms. The fourth-order valence-electron chi connectivity index (χ4n) is 3.12. The Labute approximate surface area is 176 Å². The highest BCUT2D eigenvalue weighted by atomic mass is 32.1. The standard InChI is InChI=1S/C21H18N4O4S/c1-2-29-14-7-5-6-13(12-14)18(26)22-21-24-23-17(30-21)10-11-25-19(27)15-8-3-4-9-16(15)20(25)28/h3-9,12H,2,10-11H2,1H3,(H,22,24,26). The topological polar surface area (TPSA) is 101 Å². The summed E-state index contributed by atoms with van der Waals surface area (Å²) >= 11 is 1.21. The van der Waals surface area contributed by atoms with Gasteiger partial charge in [-0.15, -0.1) is 10.2 Å². The van der Waals surface area contributed by atoms with Crippen molar-refractivity contribution in [2.75, 3.05) is 18.5 Å². The molecule has 8 nitrogen and oxygen atoms in total. The predicted molar refractivity (Wildman–Crippen MR) is 111 cm³/mol. The first-order valence-corrected chi connectivity index (χ1v) is 10.2. The highest BCUT2D eigenvalue weighted by Crippen LogP contribution is 2.24. The third kappa shape index (κ3) is 3.92. The maximum absolute atomic E-state index is 12.4. The van der Waals surface area contributed by atoms with E-state index in [1.165, 1.54) is 16.2 Å². The van der Waals surface area contributed by atoms with Crippen molar-refractivity contribution in [2.45, 2.75) is 13.3 Å². The van der Waals surface area contributed by atoms with Crippen LogP contribution in [0.3, 0.4) is 0 Å². The molecule has 0 saturated heterocycles. The monoisotopic (exact) mass is 422 g/mol. The van der Waals surface area contributed by atoms with E-state index in [2.05, 4.69) is 15.5 Å². The van der Waals surface area contributed by atoms with Gasteiger partial charge in [-0.2, -0.15) is 0 Å². The van der Waals surface area contributed by atoms with Gasteiger partial charge < -0.3 is 4.74 Å². The van der Waals surface area contributed by atoms with Crippen LogP contribution < -0.4 is 10.1 Å². The molecule has 0 spiro atoms. The van der Waals surface area contributed by atoms with Gasteiger partial charge in [0, 0.05) is 18.5 Å². The van der Waals surface area contributed by atoms with Crippen LogP contribution in [-0.4, -0.2) is 46.0 Å². The molecule has 1 N–H and O–H groups in total. The van der Waals surface area contributed by atoms with Crippen molar-refractivity contribution in [3.05, 3.63) is 70.2 Å². The molecule has 1 aliphatic rings. The number of nitrogens with one attached hydrogen (secondary N) is 1. The van der Waals surface area contributed by atoms with E-state index in [4.69, 9.17) is 4.74 Å². The lowest BCUT2D eigenvalue weighted by Gasteiger charge is -2.12. The summed E-state index contributed by atoms with van der Waals surface area (Å²) in [7, 11) is 0. The molecule has 0 radical (unpaired) electrons. The Kier molecular flexibility index (Phi) is 5.53. The number of amides is 3. The van der Waals surface area contributed by atoms with Crippen LogP contribution in [0.25, 0.3) is 0 Å². The predicted octanol–water partition coefficient (Wildman–Crippen LogP) is 3.03. The van der Waals surface area contributed by atoms with Crippen LogP contribution in [0.5, 0.6) is 5.75 Å². The second-order valence-electron chi connectivity index (χ2n) is 6.47. The summed E-state index contributed by atoms with van der Waals surface area (Å²) in [4.78, 5) is 38.5. The molecule has 1 aromatic heterocycles. The van der Waals surface area contributed by atoms with Gasteiger partial charge in [0.15, 0.2) is 0 Å². The lowest BCUT2D eigenvalue weighted by molar-refractivity contribution is 0.0655. The Bertz CT molecular complexity index is 1090. The number of carbonyl (C=O) groups excluding carboxylic acids is 3. The van der Waals surface area contributed by atoms with Gasteiger partial charge in [-0.1, -0.05) is 29.5 Å². The Morgan fingerprint density at radius 3 is 2.50 bits per heavy atom. The Hall–Kier alpha value is -3.59. The first-order valence-electron chi connectivity index (χ1n) is 9.38. The van der Waals surface area contributed by atoms with Gasteiger partial charge in [-0.05, 0) is 37.3 Å². The summed E-state index contributed by atoms with van der Waals surface area (Å²) in [6.45, 7) is 2.58. The lowest BCUT2D eigenvalue weighted by atomic mass is 10.1. The highest BCUT2D eigenvalue weighted by Gasteiger charge is 2.34. The number of fused-ring (bicyclic) bond motifs is 1. The van der Waals surface area contributed by atoms with Crippen LogP contribution in [0, 0.1) is 0 Å².